The van der Waals surface area contributed by atoms with E-state index < -0.39 is 23.1 Å². The van der Waals surface area contributed by atoms with Crippen molar-refractivity contribution in [1.82, 2.24) is 20.1 Å². The molecule has 3 aliphatic rings. The van der Waals surface area contributed by atoms with Crippen LogP contribution in [-0.4, -0.2) is 39.9 Å². The molecule has 2 heterocycles. The van der Waals surface area contributed by atoms with Crippen LogP contribution in [0.25, 0.3) is 0 Å². The van der Waals surface area contributed by atoms with Crippen molar-refractivity contribution in [1.29, 1.82) is 5.26 Å². The van der Waals surface area contributed by atoms with Crippen molar-refractivity contribution in [2.45, 2.75) is 62.5 Å². The van der Waals surface area contributed by atoms with Gasteiger partial charge in [0.2, 0.25) is 0 Å². The van der Waals surface area contributed by atoms with Gasteiger partial charge in [0.25, 0.3) is 5.91 Å². The number of nitrogens with zero attached hydrogens (tertiary/aromatic N) is 5. The Kier molecular flexibility index (Phi) is 6.43. The van der Waals surface area contributed by atoms with Crippen LogP contribution in [0.4, 0.5) is 18.9 Å². The van der Waals surface area contributed by atoms with E-state index in [1.54, 1.807) is 25.6 Å². The number of alkyl halides is 3. The summed E-state index contributed by atoms with van der Waals surface area (Å²) in [6, 6.07) is 12.4. The van der Waals surface area contributed by atoms with Crippen LogP contribution in [0, 0.1) is 17.2 Å². The molecule has 0 bridgehead atoms. The highest BCUT2D eigenvalue weighted by Crippen LogP contribution is 2.50. The van der Waals surface area contributed by atoms with Gasteiger partial charge in [-0.2, -0.15) is 18.4 Å². The SMILES string of the molecule is CO[C@H]1C[C@](c2cccc(N3Cc4c(cc(CNC5CC(C#N)C5)cc4C(F)(F)F)C3=O)c2)(c2nncn2C)C1. The maximum Gasteiger partial charge on any atom is 0.416 e. The summed E-state index contributed by atoms with van der Waals surface area (Å²) in [5.74, 6) is 0.309. The lowest BCUT2D eigenvalue weighted by atomic mass is 9.62. The molecule has 6 rings (SSSR count). The molecule has 1 aromatic heterocycles. The van der Waals surface area contributed by atoms with Crippen molar-refractivity contribution in [2.75, 3.05) is 12.0 Å². The molecule has 2 saturated carbocycles. The number of aryl methyl sites for hydroxylation is 1. The van der Waals surface area contributed by atoms with Crippen LogP contribution < -0.4 is 10.2 Å². The van der Waals surface area contributed by atoms with Crippen molar-refractivity contribution in [3.63, 3.8) is 0 Å². The minimum atomic E-state index is -4.60. The van der Waals surface area contributed by atoms with Crippen LogP contribution in [-0.2, 0) is 36.5 Å². The predicted octanol–water partition coefficient (Wildman–Crippen LogP) is 4.48. The standard InChI is InChI=1S/C29H29F3N6O2/c1-37-16-35-36-27(37)28(11-22(12-28)40-2)19-4-3-5-21(10-19)38-15-24-23(26(38)39)8-18(9-25(24)29(30,31)32)14-34-20-6-17(7-20)13-33/h3-5,8-10,16-17,20,22,34H,6-7,11-12,14-15H2,1-2H3/t17?,20?,22-,28-. The highest BCUT2D eigenvalue weighted by Gasteiger charge is 2.50. The number of methoxy groups -OCH3 is 1. The Hall–Kier alpha value is -3.75. The third-order valence-corrected chi connectivity index (χ3v) is 8.66. The number of carbonyl (C=O) groups excluding carboxylic acids is 1. The normalized spacial score (nSPS) is 25.8. The molecule has 1 N–H and O–H groups in total. The zero-order chi connectivity index (χ0) is 28.2. The number of rotatable bonds is 7. The second-order valence-corrected chi connectivity index (χ2v) is 11.1. The summed E-state index contributed by atoms with van der Waals surface area (Å²) >= 11 is 0. The Morgan fingerprint density at radius 1 is 1.23 bits per heavy atom. The maximum atomic E-state index is 14.2. The summed E-state index contributed by atoms with van der Waals surface area (Å²) < 4.78 is 50.0. The van der Waals surface area contributed by atoms with E-state index in [9.17, 15) is 18.0 Å². The molecular formula is C29H29F3N6O2. The number of nitriles is 1. The molecule has 1 amide bonds. The average molecular weight is 551 g/mol. The summed E-state index contributed by atoms with van der Waals surface area (Å²) in [5.41, 5.74) is 0.657. The molecule has 11 heteroatoms. The van der Waals surface area contributed by atoms with Gasteiger partial charge >= 0.3 is 6.18 Å². The largest absolute Gasteiger partial charge is 0.416 e. The molecule has 2 fully saturated rings. The molecule has 40 heavy (non-hydrogen) atoms. The topological polar surface area (TPSA) is 96.1 Å². The number of halogens is 3. The van der Waals surface area contributed by atoms with Gasteiger partial charge in [0.15, 0.2) is 0 Å². The first-order valence-corrected chi connectivity index (χ1v) is 13.3. The van der Waals surface area contributed by atoms with Crippen molar-refractivity contribution < 1.29 is 22.7 Å². The quantitative estimate of drug-likeness (QED) is 0.466. The molecule has 1 aliphatic heterocycles. The van der Waals surface area contributed by atoms with Gasteiger partial charge in [0.05, 0.1) is 29.7 Å². The lowest BCUT2D eigenvalue weighted by molar-refractivity contribution is -0.138. The van der Waals surface area contributed by atoms with Gasteiger partial charge in [-0.05, 0) is 66.6 Å². The molecule has 2 aliphatic carbocycles. The summed E-state index contributed by atoms with van der Waals surface area (Å²) in [6.07, 6.45) is -0.201. The fraction of sp³-hybridized carbons (Fsp3) is 0.448. The number of anilines is 1. The van der Waals surface area contributed by atoms with Crippen LogP contribution in [0.5, 0.6) is 0 Å². The van der Waals surface area contributed by atoms with Gasteiger partial charge in [-0.15, -0.1) is 10.2 Å². The van der Waals surface area contributed by atoms with E-state index in [1.807, 2.05) is 29.8 Å². The Morgan fingerprint density at radius 3 is 2.65 bits per heavy atom. The van der Waals surface area contributed by atoms with Crippen molar-refractivity contribution >= 4 is 11.6 Å². The predicted molar refractivity (Wildman–Crippen MR) is 139 cm³/mol. The third kappa shape index (κ3) is 4.35. The van der Waals surface area contributed by atoms with Crippen LogP contribution in [0.2, 0.25) is 0 Å². The minimum absolute atomic E-state index is 0.00838. The monoisotopic (exact) mass is 550 g/mol. The van der Waals surface area contributed by atoms with Gasteiger partial charge < -0.3 is 19.5 Å². The number of benzene rings is 2. The van der Waals surface area contributed by atoms with E-state index in [4.69, 9.17) is 10.00 Å². The van der Waals surface area contributed by atoms with Crippen LogP contribution >= 0.6 is 0 Å². The Balaban J connectivity index is 1.31. The summed E-state index contributed by atoms with van der Waals surface area (Å²) in [5, 5.41) is 20.6. The lowest BCUT2D eigenvalue weighted by Gasteiger charge is -2.46. The fourth-order valence-corrected chi connectivity index (χ4v) is 6.30. The molecule has 0 radical (unpaired) electrons. The molecule has 0 unspecified atom stereocenters. The third-order valence-electron chi connectivity index (χ3n) is 8.66. The van der Waals surface area contributed by atoms with E-state index in [0.717, 1.165) is 17.5 Å². The molecular weight excluding hydrogens is 521 g/mol. The zero-order valence-corrected chi connectivity index (χ0v) is 22.2. The van der Waals surface area contributed by atoms with E-state index in [1.165, 1.54) is 4.90 Å². The number of hydrogen-bond donors (Lipinski definition) is 1. The van der Waals surface area contributed by atoms with Crippen molar-refractivity contribution in [3.05, 3.63) is 76.4 Å². The number of nitrogens with one attached hydrogen (secondary N) is 1. The number of carbonyl (C=O) groups is 1. The van der Waals surface area contributed by atoms with Gasteiger partial charge in [-0.3, -0.25) is 4.79 Å². The van der Waals surface area contributed by atoms with Crippen LogP contribution in [0.15, 0.2) is 42.7 Å². The number of fused-ring (bicyclic) bond motifs is 1. The highest BCUT2D eigenvalue weighted by atomic mass is 19.4. The molecule has 208 valence electrons. The van der Waals surface area contributed by atoms with E-state index in [-0.39, 0.29) is 42.3 Å². The molecule has 3 aromatic rings. The van der Waals surface area contributed by atoms with Crippen molar-refractivity contribution in [2.24, 2.45) is 13.0 Å². The second kappa shape index (κ2) is 9.71. The molecule has 8 nitrogen and oxygen atoms in total. The van der Waals surface area contributed by atoms with Gasteiger partial charge in [0.1, 0.15) is 12.2 Å². The van der Waals surface area contributed by atoms with E-state index in [2.05, 4.69) is 21.6 Å². The molecule has 0 saturated heterocycles. The number of hydrogen-bond acceptors (Lipinski definition) is 6. The number of ether oxygens (including phenoxy) is 1. The highest BCUT2D eigenvalue weighted by molar-refractivity contribution is 6.10. The first-order valence-electron chi connectivity index (χ1n) is 13.3. The fourth-order valence-electron chi connectivity index (χ4n) is 6.30. The summed E-state index contributed by atoms with van der Waals surface area (Å²) in [7, 11) is 3.54. The van der Waals surface area contributed by atoms with Gasteiger partial charge in [-0.1, -0.05) is 12.1 Å². The first kappa shape index (κ1) is 26.5. The number of amides is 1. The number of aromatic nitrogens is 3. The summed E-state index contributed by atoms with van der Waals surface area (Å²) in [4.78, 5) is 15.0. The Bertz CT molecular complexity index is 1500. The molecule has 0 spiro atoms. The van der Waals surface area contributed by atoms with E-state index >= 15 is 0 Å². The average Bonchev–Trinajstić information content (AvgIpc) is 3.45. The molecule has 0 atom stereocenters. The lowest BCUT2D eigenvalue weighted by Crippen LogP contribution is -2.48. The van der Waals surface area contributed by atoms with Crippen LogP contribution in [0.3, 0.4) is 0 Å². The Morgan fingerprint density at radius 2 is 2.00 bits per heavy atom. The van der Waals surface area contributed by atoms with Crippen molar-refractivity contribution in [3.8, 4) is 6.07 Å². The maximum absolute atomic E-state index is 14.2. The smallest absolute Gasteiger partial charge is 0.381 e. The van der Waals surface area contributed by atoms with Crippen LogP contribution in [0.1, 0.15) is 64.1 Å². The van der Waals surface area contributed by atoms with Gasteiger partial charge in [-0.25, -0.2) is 0 Å². The first-order chi connectivity index (χ1) is 19.1. The van der Waals surface area contributed by atoms with Gasteiger partial charge in [0, 0.05) is 43.9 Å². The molecule has 2 aromatic carbocycles. The zero-order valence-electron chi connectivity index (χ0n) is 22.2. The second-order valence-electron chi connectivity index (χ2n) is 11.1. The van der Waals surface area contributed by atoms with E-state index in [0.29, 0.717) is 36.9 Å². The summed E-state index contributed by atoms with van der Waals surface area (Å²) in [6.45, 7) is 0.0349. The minimum Gasteiger partial charge on any atom is -0.381 e. The Labute approximate surface area is 229 Å².